The van der Waals surface area contributed by atoms with E-state index < -0.39 is 0 Å². The highest BCUT2D eigenvalue weighted by Gasteiger charge is 2.31. The van der Waals surface area contributed by atoms with Gasteiger partial charge in [0, 0.05) is 18.3 Å². The molecule has 4 rings (SSSR count). The van der Waals surface area contributed by atoms with E-state index in [1.54, 1.807) is 0 Å². The number of carbonyl (C=O) groups is 1. The number of carbonyl (C=O) groups excluding carboxylic acids is 1. The predicted octanol–water partition coefficient (Wildman–Crippen LogP) is 1.90. The van der Waals surface area contributed by atoms with Crippen LogP contribution < -0.4 is 10.6 Å². The maximum absolute atomic E-state index is 12.8. The second-order valence-corrected chi connectivity index (χ2v) is 7.16. The summed E-state index contributed by atoms with van der Waals surface area (Å²) in [6.07, 6.45) is 2.96. The number of hydrogen-bond donors (Lipinski definition) is 3. The monoisotopic (exact) mass is 370 g/mol. The zero-order valence-corrected chi connectivity index (χ0v) is 15.6. The molecular formula is C19H26N6O2. The van der Waals surface area contributed by atoms with Gasteiger partial charge in [-0.05, 0) is 38.4 Å². The van der Waals surface area contributed by atoms with Crippen molar-refractivity contribution in [2.75, 3.05) is 31.6 Å². The third-order valence-electron chi connectivity index (χ3n) is 5.05. The van der Waals surface area contributed by atoms with Crippen LogP contribution in [0.2, 0.25) is 0 Å². The molecule has 3 N–H and O–H groups in total. The predicted molar refractivity (Wildman–Crippen MR) is 102 cm³/mol. The van der Waals surface area contributed by atoms with Crippen LogP contribution in [-0.4, -0.2) is 58.3 Å². The number of aromatic nitrogens is 3. The van der Waals surface area contributed by atoms with Crippen molar-refractivity contribution in [1.29, 1.82) is 0 Å². The lowest BCUT2D eigenvalue weighted by Crippen LogP contribution is -2.52. The van der Waals surface area contributed by atoms with Crippen molar-refractivity contribution >= 4 is 17.5 Å². The summed E-state index contributed by atoms with van der Waals surface area (Å²) in [6.45, 7) is 4.57. The van der Waals surface area contributed by atoms with Gasteiger partial charge >= 0.3 is 0 Å². The van der Waals surface area contributed by atoms with Crippen molar-refractivity contribution in [3.05, 3.63) is 35.7 Å². The topological polar surface area (TPSA) is 95.2 Å². The number of nitrogens with zero attached hydrogens (tertiary/aromatic N) is 3. The van der Waals surface area contributed by atoms with Crippen LogP contribution in [0, 0.1) is 6.92 Å². The van der Waals surface area contributed by atoms with E-state index in [0.717, 1.165) is 43.0 Å². The van der Waals surface area contributed by atoms with E-state index in [1.165, 1.54) is 0 Å². The molecule has 0 radical (unpaired) electrons. The smallest absolute Gasteiger partial charge is 0.239 e. The molecule has 2 aromatic heterocycles. The van der Waals surface area contributed by atoms with Crippen molar-refractivity contribution < 1.29 is 9.53 Å². The number of pyridine rings is 1. The maximum Gasteiger partial charge on any atom is 0.239 e. The van der Waals surface area contributed by atoms with Gasteiger partial charge in [-0.2, -0.15) is 5.10 Å². The van der Waals surface area contributed by atoms with E-state index in [9.17, 15) is 4.79 Å². The lowest BCUT2D eigenvalue weighted by atomic mass is 10.0. The quantitative estimate of drug-likeness (QED) is 0.761. The Morgan fingerprint density at radius 3 is 3.04 bits per heavy atom. The highest BCUT2D eigenvalue weighted by atomic mass is 16.5. The van der Waals surface area contributed by atoms with Gasteiger partial charge in [-0.15, -0.1) is 0 Å². The van der Waals surface area contributed by atoms with E-state index in [4.69, 9.17) is 4.74 Å². The Kier molecular flexibility index (Phi) is 5.35. The summed E-state index contributed by atoms with van der Waals surface area (Å²) in [5.74, 6) is 1.62. The van der Waals surface area contributed by atoms with Crippen LogP contribution in [0.15, 0.2) is 24.3 Å². The molecular weight excluding hydrogens is 344 g/mol. The number of piperidine rings is 1. The molecule has 2 aliphatic rings. The second-order valence-electron chi connectivity index (χ2n) is 7.16. The number of H-pyrrole nitrogens is 1. The van der Waals surface area contributed by atoms with E-state index in [1.807, 2.05) is 36.1 Å². The molecule has 2 aliphatic heterocycles. The van der Waals surface area contributed by atoms with Crippen LogP contribution in [-0.2, 0) is 9.53 Å². The van der Waals surface area contributed by atoms with Crippen molar-refractivity contribution in [1.82, 2.24) is 25.4 Å². The molecule has 2 saturated heterocycles. The molecule has 2 fully saturated rings. The standard InChI is InChI=1S/C19H26N6O2/c1-13-11-18(24-23-13)22-17-7-4-6-14(21-17)16-12-25(9-10-27-16)19(26)15-5-2-3-8-20-15/h4,6-7,11,15-16,20H,2-3,5,8-10,12H2,1H3,(H2,21,22,23,24)/t15-,16+/m1/s1. The minimum atomic E-state index is -0.214. The third-order valence-corrected chi connectivity index (χ3v) is 5.05. The Morgan fingerprint density at radius 2 is 2.26 bits per heavy atom. The fourth-order valence-electron chi connectivity index (χ4n) is 3.63. The van der Waals surface area contributed by atoms with E-state index in [0.29, 0.717) is 25.5 Å². The summed E-state index contributed by atoms with van der Waals surface area (Å²) < 4.78 is 5.91. The Labute approximate surface area is 158 Å². The Bertz CT molecular complexity index is 786. The first-order chi connectivity index (χ1) is 13.2. The first-order valence-corrected chi connectivity index (χ1v) is 9.59. The molecule has 0 spiro atoms. The highest BCUT2D eigenvalue weighted by Crippen LogP contribution is 2.24. The van der Waals surface area contributed by atoms with Gasteiger partial charge in [0.2, 0.25) is 5.91 Å². The van der Waals surface area contributed by atoms with Gasteiger partial charge in [0.1, 0.15) is 11.9 Å². The lowest BCUT2D eigenvalue weighted by molar-refractivity contribution is -0.142. The molecule has 4 heterocycles. The number of aryl methyl sites for hydroxylation is 1. The number of aromatic amines is 1. The summed E-state index contributed by atoms with van der Waals surface area (Å²) in [7, 11) is 0. The molecule has 8 nitrogen and oxygen atoms in total. The lowest BCUT2D eigenvalue weighted by Gasteiger charge is -2.36. The van der Waals surface area contributed by atoms with Gasteiger partial charge < -0.3 is 20.3 Å². The van der Waals surface area contributed by atoms with Gasteiger partial charge in [-0.25, -0.2) is 4.98 Å². The number of nitrogens with one attached hydrogen (secondary N) is 3. The fraction of sp³-hybridized carbons (Fsp3) is 0.526. The SMILES string of the molecule is Cc1cc(Nc2cccc([C@@H]3CN(C(=O)[C@H]4CCCCN4)CCO3)n2)n[nH]1. The largest absolute Gasteiger partial charge is 0.368 e. The van der Waals surface area contributed by atoms with Gasteiger partial charge in [0.25, 0.3) is 0 Å². The number of morpholine rings is 1. The number of rotatable bonds is 4. The van der Waals surface area contributed by atoms with E-state index in [2.05, 4.69) is 25.8 Å². The molecule has 0 aromatic carbocycles. The second kappa shape index (κ2) is 8.06. The summed E-state index contributed by atoms with van der Waals surface area (Å²) in [5, 5.41) is 13.6. The molecule has 1 amide bonds. The molecule has 2 atom stereocenters. The molecule has 2 aromatic rings. The molecule has 0 aliphatic carbocycles. The van der Waals surface area contributed by atoms with Crippen LogP contribution in [0.3, 0.4) is 0 Å². The zero-order valence-electron chi connectivity index (χ0n) is 15.6. The average Bonchev–Trinajstić information content (AvgIpc) is 3.13. The molecule has 27 heavy (non-hydrogen) atoms. The third kappa shape index (κ3) is 4.28. The first kappa shape index (κ1) is 17.9. The van der Waals surface area contributed by atoms with Crippen molar-refractivity contribution in [3.63, 3.8) is 0 Å². The summed E-state index contributed by atoms with van der Waals surface area (Å²) in [5.41, 5.74) is 1.80. The summed E-state index contributed by atoms with van der Waals surface area (Å²) >= 11 is 0. The molecule has 8 heteroatoms. The molecule has 0 bridgehead atoms. The van der Waals surface area contributed by atoms with Crippen LogP contribution in [0.5, 0.6) is 0 Å². The zero-order chi connectivity index (χ0) is 18.6. The van der Waals surface area contributed by atoms with E-state index >= 15 is 0 Å². The van der Waals surface area contributed by atoms with Gasteiger partial charge in [0.15, 0.2) is 5.82 Å². The Morgan fingerprint density at radius 1 is 1.33 bits per heavy atom. The van der Waals surface area contributed by atoms with Gasteiger partial charge in [0.05, 0.1) is 24.9 Å². The normalized spacial score (nSPS) is 23.2. The summed E-state index contributed by atoms with van der Waals surface area (Å²) in [6, 6.07) is 7.64. The average molecular weight is 370 g/mol. The Balaban J connectivity index is 1.43. The molecule has 0 saturated carbocycles. The minimum absolute atomic E-state index is 0.0543. The van der Waals surface area contributed by atoms with Gasteiger partial charge in [-0.3, -0.25) is 9.89 Å². The number of ether oxygens (including phenoxy) is 1. The van der Waals surface area contributed by atoms with Crippen LogP contribution in [0.25, 0.3) is 0 Å². The van der Waals surface area contributed by atoms with Crippen molar-refractivity contribution in [2.24, 2.45) is 0 Å². The highest BCUT2D eigenvalue weighted by molar-refractivity contribution is 5.82. The van der Waals surface area contributed by atoms with E-state index in [-0.39, 0.29) is 18.1 Å². The minimum Gasteiger partial charge on any atom is -0.368 e. The van der Waals surface area contributed by atoms with Crippen molar-refractivity contribution in [3.8, 4) is 0 Å². The van der Waals surface area contributed by atoms with Gasteiger partial charge in [-0.1, -0.05) is 12.5 Å². The summed E-state index contributed by atoms with van der Waals surface area (Å²) in [4.78, 5) is 19.4. The maximum atomic E-state index is 12.8. The fourth-order valence-corrected chi connectivity index (χ4v) is 3.63. The van der Waals surface area contributed by atoms with Crippen LogP contribution >= 0.6 is 0 Å². The number of anilines is 2. The first-order valence-electron chi connectivity index (χ1n) is 9.59. The van der Waals surface area contributed by atoms with Crippen molar-refractivity contribution in [2.45, 2.75) is 38.3 Å². The molecule has 144 valence electrons. The molecule has 0 unspecified atom stereocenters. The number of amides is 1. The van der Waals surface area contributed by atoms with Crippen LogP contribution in [0.4, 0.5) is 11.6 Å². The number of hydrogen-bond acceptors (Lipinski definition) is 6. The van der Waals surface area contributed by atoms with Crippen LogP contribution in [0.1, 0.15) is 36.8 Å². The Hall–Kier alpha value is -2.45.